The minimum absolute atomic E-state index is 0.0396. The molecule has 2 aliphatic rings. The molecule has 90 valence electrons. The van der Waals surface area contributed by atoms with Gasteiger partial charge in [-0.05, 0) is 32.1 Å². The first-order valence-electron chi connectivity index (χ1n) is 6.18. The summed E-state index contributed by atoms with van der Waals surface area (Å²) in [6.45, 7) is 3.86. The van der Waals surface area contributed by atoms with Crippen molar-refractivity contribution < 1.29 is 9.59 Å². The van der Waals surface area contributed by atoms with Gasteiger partial charge in [0.05, 0.1) is 0 Å². The molecule has 0 heterocycles. The van der Waals surface area contributed by atoms with Crippen LogP contribution in [0.5, 0.6) is 0 Å². The monoisotopic (exact) mass is 224 g/mol. The quantitative estimate of drug-likeness (QED) is 0.742. The topological polar surface area (TPSA) is 58.2 Å². The number of hydrogen-bond acceptors (Lipinski definition) is 2. The van der Waals surface area contributed by atoms with E-state index in [4.69, 9.17) is 0 Å². The van der Waals surface area contributed by atoms with Crippen LogP contribution in [0.15, 0.2) is 0 Å². The van der Waals surface area contributed by atoms with Crippen LogP contribution in [0.4, 0.5) is 0 Å². The van der Waals surface area contributed by atoms with Gasteiger partial charge in [0.2, 0.25) is 11.8 Å². The van der Waals surface area contributed by atoms with Gasteiger partial charge in [-0.25, -0.2) is 0 Å². The zero-order chi connectivity index (χ0) is 11.7. The van der Waals surface area contributed by atoms with Crippen LogP contribution in [-0.4, -0.2) is 23.9 Å². The molecular weight excluding hydrogens is 204 g/mol. The Morgan fingerprint density at radius 2 is 1.94 bits per heavy atom. The highest BCUT2D eigenvalue weighted by Gasteiger charge is 2.35. The lowest BCUT2D eigenvalue weighted by Gasteiger charge is -2.25. The summed E-state index contributed by atoms with van der Waals surface area (Å²) < 4.78 is 0. The van der Waals surface area contributed by atoms with Gasteiger partial charge in [-0.1, -0.05) is 13.3 Å². The third kappa shape index (κ3) is 2.54. The molecular formula is C12H20N2O2. The lowest BCUT2D eigenvalue weighted by molar-refractivity contribution is -0.132. The van der Waals surface area contributed by atoms with Crippen LogP contribution in [0.3, 0.4) is 0 Å². The molecule has 0 aliphatic heterocycles. The zero-order valence-electron chi connectivity index (χ0n) is 9.95. The van der Waals surface area contributed by atoms with Crippen molar-refractivity contribution in [1.29, 1.82) is 0 Å². The molecule has 2 aliphatic carbocycles. The molecule has 0 aromatic rings. The number of amides is 2. The molecule has 2 amide bonds. The highest BCUT2D eigenvalue weighted by atomic mass is 16.2. The average molecular weight is 224 g/mol. The van der Waals surface area contributed by atoms with Crippen LogP contribution in [0.1, 0.15) is 39.5 Å². The fraction of sp³-hybridized carbons (Fsp3) is 0.833. The summed E-state index contributed by atoms with van der Waals surface area (Å²) in [4.78, 5) is 23.3. The van der Waals surface area contributed by atoms with Gasteiger partial charge >= 0.3 is 0 Å². The molecule has 4 heteroatoms. The van der Waals surface area contributed by atoms with E-state index in [0.717, 1.165) is 25.7 Å². The fourth-order valence-electron chi connectivity index (χ4n) is 1.90. The average Bonchev–Trinajstić information content (AvgIpc) is 2.78. The molecule has 0 radical (unpaired) electrons. The van der Waals surface area contributed by atoms with Crippen molar-refractivity contribution in [3.8, 4) is 0 Å². The molecule has 2 saturated carbocycles. The van der Waals surface area contributed by atoms with Crippen LogP contribution in [-0.2, 0) is 9.59 Å². The van der Waals surface area contributed by atoms with E-state index in [2.05, 4.69) is 17.6 Å². The van der Waals surface area contributed by atoms with Crippen molar-refractivity contribution in [1.82, 2.24) is 10.6 Å². The first kappa shape index (κ1) is 11.4. The molecule has 0 spiro atoms. The van der Waals surface area contributed by atoms with Gasteiger partial charge in [0, 0.05) is 12.0 Å². The van der Waals surface area contributed by atoms with E-state index < -0.39 is 6.04 Å². The smallest absolute Gasteiger partial charge is 0.242 e. The Hall–Kier alpha value is -1.06. The Morgan fingerprint density at radius 3 is 2.38 bits per heavy atom. The molecule has 2 rings (SSSR count). The van der Waals surface area contributed by atoms with E-state index >= 15 is 0 Å². The van der Waals surface area contributed by atoms with Crippen LogP contribution in [0.2, 0.25) is 0 Å². The fourth-order valence-corrected chi connectivity index (χ4v) is 1.90. The maximum Gasteiger partial charge on any atom is 0.242 e. The van der Waals surface area contributed by atoms with E-state index in [9.17, 15) is 9.59 Å². The summed E-state index contributed by atoms with van der Waals surface area (Å²) in [5.41, 5.74) is 0. The second kappa shape index (κ2) is 4.44. The largest absolute Gasteiger partial charge is 0.351 e. The maximum absolute atomic E-state index is 11.7. The number of rotatable bonds is 4. The SMILES string of the molecule is CC(NC(=O)C1CCC1)C(=O)NC1CC1C. The van der Waals surface area contributed by atoms with Gasteiger partial charge in [0.15, 0.2) is 0 Å². The number of hydrogen-bond donors (Lipinski definition) is 2. The summed E-state index contributed by atoms with van der Waals surface area (Å²) in [7, 11) is 0. The summed E-state index contributed by atoms with van der Waals surface area (Å²) in [5, 5.41) is 5.71. The molecule has 16 heavy (non-hydrogen) atoms. The van der Waals surface area contributed by atoms with E-state index in [1.165, 1.54) is 0 Å². The van der Waals surface area contributed by atoms with Crippen LogP contribution >= 0.6 is 0 Å². The second-order valence-corrected chi connectivity index (χ2v) is 5.19. The third-order valence-corrected chi connectivity index (χ3v) is 3.67. The van der Waals surface area contributed by atoms with Gasteiger partial charge < -0.3 is 10.6 Å². The van der Waals surface area contributed by atoms with E-state index in [1.807, 2.05) is 0 Å². The van der Waals surface area contributed by atoms with Gasteiger partial charge in [0.25, 0.3) is 0 Å². The van der Waals surface area contributed by atoms with Gasteiger partial charge in [-0.15, -0.1) is 0 Å². The van der Waals surface area contributed by atoms with Crippen LogP contribution in [0, 0.1) is 11.8 Å². The van der Waals surface area contributed by atoms with Gasteiger partial charge in [-0.3, -0.25) is 9.59 Å². The Bertz CT molecular complexity index is 299. The molecule has 0 aromatic heterocycles. The predicted molar refractivity (Wildman–Crippen MR) is 60.7 cm³/mol. The summed E-state index contributed by atoms with van der Waals surface area (Å²) >= 11 is 0. The normalized spacial score (nSPS) is 30.1. The standard InChI is InChI=1S/C12H20N2O2/c1-7-6-10(7)14-11(15)8(2)13-12(16)9-4-3-5-9/h7-10H,3-6H2,1-2H3,(H,13,16)(H,14,15). The molecule has 4 nitrogen and oxygen atoms in total. The first-order chi connectivity index (χ1) is 7.58. The minimum Gasteiger partial charge on any atom is -0.351 e. The molecule has 2 fully saturated rings. The Kier molecular flexibility index (Phi) is 3.17. The van der Waals surface area contributed by atoms with Gasteiger partial charge in [0.1, 0.15) is 6.04 Å². The predicted octanol–water partition coefficient (Wildman–Crippen LogP) is 0.816. The number of carbonyl (C=O) groups excluding carboxylic acids is 2. The van der Waals surface area contributed by atoms with Crippen molar-refractivity contribution in [2.24, 2.45) is 11.8 Å². The number of nitrogens with one attached hydrogen (secondary N) is 2. The second-order valence-electron chi connectivity index (χ2n) is 5.19. The minimum atomic E-state index is -0.402. The molecule has 3 atom stereocenters. The van der Waals surface area contributed by atoms with E-state index in [0.29, 0.717) is 12.0 Å². The first-order valence-corrected chi connectivity index (χ1v) is 6.18. The molecule has 0 bridgehead atoms. The molecule has 3 unspecified atom stereocenters. The van der Waals surface area contributed by atoms with Crippen molar-refractivity contribution in [3.05, 3.63) is 0 Å². The molecule has 0 aromatic carbocycles. The lowest BCUT2D eigenvalue weighted by Crippen LogP contribution is -2.48. The van der Waals surface area contributed by atoms with Gasteiger partial charge in [-0.2, -0.15) is 0 Å². The number of carbonyl (C=O) groups is 2. The summed E-state index contributed by atoms with van der Waals surface area (Å²) in [6.07, 6.45) is 4.15. The van der Waals surface area contributed by atoms with Crippen molar-refractivity contribution in [2.45, 2.75) is 51.6 Å². The highest BCUT2D eigenvalue weighted by Crippen LogP contribution is 2.29. The summed E-state index contributed by atoms with van der Waals surface area (Å²) in [5.74, 6) is 0.730. The zero-order valence-corrected chi connectivity index (χ0v) is 9.95. The third-order valence-electron chi connectivity index (χ3n) is 3.67. The highest BCUT2D eigenvalue weighted by molar-refractivity contribution is 5.88. The van der Waals surface area contributed by atoms with E-state index in [1.54, 1.807) is 6.92 Å². The molecule has 2 N–H and O–H groups in total. The van der Waals surface area contributed by atoms with Crippen molar-refractivity contribution in [3.63, 3.8) is 0 Å². The Morgan fingerprint density at radius 1 is 1.31 bits per heavy atom. The van der Waals surface area contributed by atoms with Crippen LogP contribution in [0.25, 0.3) is 0 Å². The van der Waals surface area contributed by atoms with Crippen molar-refractivity contribution >= 4 is 11.8 Å². The Balaban J connectivity index is 1.71. The van der Waals surface area contributed by atoms with E-state index in [-0.39, 0.29) is 17.7 Å². The molecule has 0 saturated heterocycles. The Labute approximate surface area is 96.2 Å². The van der Waals surface area contributed by atoms with Crippen molar-refractivity contribution in [2.75, 3.05) is 0 Å². The summed E-state index contributed by atoms with van der Waals surface area (Å²) in [6, 6.07) is -0.0727. The van der Waals surface area contributed by atoms with Crippen LogP contribution < -0.4 is 10.6 Å². The lowest BCUT2D eigenvalue weighted by atomic mass is 9.84. The maximum atomic E-state index is 11.7.